The molecule has 0 radical (unpaired) electrons. The van der Waals surface area contributed by atoms with E-state index in [0.717, 1.165) is 16.7 Å². The van der Waals surface area contributed by atoms with Crippen molar-refractivity contribution in [3.8, 4) is 0 Å². The number of hydrogen-bond donors (Lipinski definition) is 2. The summed E-state index contributed by atoms with van der Waals surface area (Å²) in [5, 5.41) is 7.42. The number of benzene rings is 1. The maximum Gasteiger partial charge on any atom is 0.134 e. The lowest BCUT2D eigenvalue weighted by Crippen LogP contribution is -2.28. The highest BCUT2D eigenvalue weighted by Gasteiger charge is 2.19. The molecule has 3 rings (SSSR count). The molecule has 92 valence electrons. The number of nitrogens with two attached hydrogens (primary N) is 1. The largest absolute Gasteiger partial charge is 0.459 e. The van der Waals surface area contributed by atoms with E-state index in [-0.39, 0.29) is 6.04 Å². The van der Waals surface area contributed by atoms with Crippen LogP contribution in [-0.4, -0.2) is 9.59 Å². The van der Waals surface area contributed by atoms with Crippen LogP contribution >= 0.6 is 23.1 Å². The first-order valence-corrected chi connectivity index (χ1v) is 6.41. The van der Waals surface area contributed by atoms with Crippen LogP contribution in [0.25, 0.3) is 11.0 Å². The molecule has 7 heteroatoms. The maximum atomic E-state index is 5.94. The zero-order chi connectivity index (χ0) is 12.5. The second-order valence-electron chi connectivity index (χ2n) is 3.76. The molecule has 1 atom stereocenters. The van der Waals surface area contributed by atoms with E-state index in [1.807, 2.05) is 23.6 Å². The zero-order valence-electron chi connectivity index (χ0n) is 9.13. The molecule has 0 saturated carbocycles. The fourth-order valence-electron chi connectivity index (χ4n) is 1.79. The number of nitrogens with zero attached hydrogens (tertiary/aromatic N) is 2. The fraction of sp³-hybridized carbons (Fsp3) is 0.0909. The van der Waals surface area contributed by atoms with Gasteiger partial charge in [0.2, 0.25) is 0 Å². The molecule has 0 bridgehead atoms. The Morgan fingerprint density at radius 2 is 2.28 bits per heavy atom. The van der Waals surface area contributed by atoms with Gasteiger partial charge in [-0.3, -0.25) is 5.84 Å². The van der Waals surface area contributed by atoms with Gasteiger partial charge in [-0.15, -0.1) is 5.10 Å². The van der Waals surface area contributed by atoms with Crippen molar-refractivity contribution in [3.05, 3.63) is 46.1 Å². The minimum atomic E-state index is -0.310. The molecule has 1 unspecified atom stereocenters. The fourth-order valence-corrected chi connectivity index (χ4v) is 2.45. The molecule has 18 heavy (non-hydrogen) atoms. The Morgan fingerprint density at radius 1 is 1.39 bits per heavy atom. The first-order chi connectivity index (χ1) is 8.78. The van der Waals surface area contributed by atoms with E-state index in [2.05, 4.69) is 15.0 Å². The summed E-state index contributed by atoms with van der Waals surface area (Å²) in [6.45, 7) is 0. The Morgan fingerprint density at radius 3 is 3.00 bits per heavy atom. The third-order valence-corrected chi connectivity index (χ3v) is 3.38. The van der Waals surface area contributed by atoms with Crippen molar-refractivity contribution in [1.82, 2.24) is 15.0 Å². The smallest absolute Gasteiger partial charge is 0.134 e. The van der Waals surface area contributed by atoms with Crippen molar-refractivity contribution in [2.24, 2.45) is 5.84 Å². The average molecular weight is 281 g/mol. The van der Waals surface area contributed by atoms with Gasteiger partial charge in [-0.1, -0.05) is 16.1 Å². The molecule has 0 aliphatic carbocycles. The lowest BCUT2D eigenvalue weighted by atomic mass is 10.1. The normalized spacial score (nSPS) is 13.0. The highest BCUT2D eigenvalue weighted by molar-refractivity contribution is 7.03. The monoisotopic (exact) mass is 280 g/mol. The van der Waals surface area contributed by atoms with E-state index in [4.69, 9.17) is 21.9 Å². The first kappa shape index (κ1) is 11.6. The van der Waals surface area contributed by atoms with E-state index in [0.29, 0.717) is 10.8 Å². The van der Waals surface area contributed by atoms with Crippen molar-refractivity contribution in [2.45, 2.75) is 6.04 Å². The molecule has 2 heterocycles. The summed E-state index contributed by atoms with van der Waals surface area (Å²) in [7, 11) is 0. The Balaban J connectivity index is 2.07. The molecule has 0 aliphatic heterocycles. The summed E-state index contributed by atoms with van der Waals surface area (Å²) in [6, 6.07) is 7.04. The number of fused-ring (bicyclic) bond motifs is 1. The number of rotatable bonds is 3. The minimum absolute atomic E-state index is 0.310. The molecule has 0 saturated heterocycles. The van der Waals surface area contributed by atoms with Crippen LogP contribution in [0.4, 0.5) is 0 Å². The van der Waals surface area contributed by atoms with Gasteiger partial charge in [-0.2, -0.15) is 0 Å². The maximum absolute atomic E-state index is 5.94. The van der Waals surface area contributed by atoms with Crippen LogP contribution in [0, 0.1) is 0 Å². The predicted octanol–water partition coefficient (Wildman–Crippen LogP) is 2.49. The van der Waals surface area contributed by atoms with E-state index < -0.39 is 0 Å². The highest BCUT2D eigenvalue weighted by atomic mass is 35.5. The Kier molecular flexibility index (Phi) is 3.00. The molecule has 3 N–H and O–H groups in total. The van der Waals surface area contributed by atoms with Crippen LogP contribution in [0.1, 0.15) is 17.5 Å². The van der Waals surface area contributed by atoms with Gasteiger partial charge < -0.3 is 4.42 Å². The van der Waals surface area contributed by atoms with Gasteiger partial charge in [0.1, 0.15) is 23.1 Å². The van der Waals surface area contributed by atoms with Crippen LogP contribution in [0.15, 0.2) is 34.1 Å². The summed E-state index contributed by atoms with van der Waals surface area (Å²) >= 11 is 7.21. The second kappa shape index (κ2) is 4.66. The van der Waals surface area contributed by atoms with E-state index in [9.17, 15) is 0 Å². The molecule has 0 amide bonds. The van der Waals surface area contributed by atoms with Crippen molar-refractivity contribution in [3.63, 3.8) is 0 Å². The summed E-state index contributed by atoms with van der Waals surface area (Å²) < 4.78 is 9.55. The summed E-state index contributed by atoms with van der Waals surface area (Å²) in [5.41, 5.74) is 4.16. The molecule has 5 nitrogen and oxygen atoms in total. The van der Waals surface area contributed by atoms with Gasteiger partial charge in [-0.05, 0) is 35.8 Å². The lowest BCUT2D eigenvalue weighted by molar-refractivity contribution is 0.471. The van der Waals surface area contributed by atoms with E-state index in [1.165, 1.54) is 11.5 Å². The Labute approximate surface area is 112 Å². The molecular formula is C11H9ClN4OS. The third kappa shape index (κ3) is 1.99. The first-order valence-electron chi connectivity index (χ1n) is 5.20. The quantitative estimate of drug-likeness (QED) is 0.569. The zero-order valence-corrected chi connectivity index (χ0v) is 10.7. The second-order valence-corrected chi connectivity index (χ2v) is 4.81. The standard InChI is InChI=1S/C11H9ClN4OS/c12-7-1-2-9-6(3-7)4-10(17-9)11(14-13)8-5-18-16-15-8/h1-5,11,14H,13H2. The topological polar surface area (TPSA) is 77.0 Å². The van der Waals surface area contributed by atoms with Gasteiger partial charge >= 0.3 is 0 Å². The molecule has 0 fully saturated rings. The molecule has 2 aromatic heterocycles. The lowest BCUT2D eigenvalue weighted by Gasteiger charge is -2.08. The van der Waals surface area contributed by atoms with Crippen LogP contribution in [-0.2, 0) is 0 Å². The predicted molar refractivity (Wildman–Crippen MR) is 70.3 cm³/mol. The summed E-state index contributed by atoms with van der Waals surface area (Å²) in [5.74, 6) is 6.23. The molecule has 3 aromatic rings. The summed E-state index contributed by atoms with van der Waals surface area (Å²) in [4.78, 5) is 0. The molecule has 0 aliphatic rings. The Hall–Kier alpha value is -1.47. The van der Waals surface area contributed by atoms with Gasteiger partial charge in [0.05, 0.1) is 0 Å². The molecule has 0 spiro atoms. The van der Waals surface area contributed by atoms with E-state index >= 15 is 0 Å². The highest BCUT2D eigenvalue weighted by Crippen LogP contribution is 2.28. The average Bonchev–Trinajstić information content (AvgIpc) is 2.98. The number of aromatic nitrogens is 2. The van der Waals surface area contributed by atoms with Crippen molar-refractivity contribution in [2.75, 3.05) is 0 Å². The number of nitrogens with one attached hydrogen (secondary N) is 1. The van der Waals surface area contributed by atoms with Crippen molar-refractivity contribution < 1.29 is 4.42 Å². The van der Waals surface area contributed by atoms with Crippen molar-refractivity contribution in [1.29, 1.82) is 0 Å². The number of hydrogen-bond acceptors (Lipinski definition) is 6. The van der Waals surface area contributed by atoms with Gasteiger partial charge in [0, 0.05) is 15.8 Å². The molecule has 1 aromatic carbocycles. The Bertz CT molecular complexity index is 667. The van der Waals surface area contributed by atoms with Crippen LogP contribution in [0.2, 0.25) is 5.02 Å². The van der Waals surface area contributed by atoms with Gasteiger partial charge in [0.25, 0.3) is 0 Å². The number of halogens is 1. The van der Waals surface area contributed by atoms with Crippen molar-refractivity contribution >= 4 is 34.1 Å². The SMILES string of the molecule is NNC(c1csnn1)c1cc2cc(Cl)ccc2o1. The number of hydrazine groups is 1. The number of furan rings is 1. The van der Waals surface area contributed by atoms with Crippen LogP contribution < -0.4 is 11.3 Å². The summed E-state index contributed by atoms with van der Waals surface area (Å²) in [6.07, 6.45) is 0. The van der Waals surface area contributed by atoms with Gasteiger partial charge in [0.15, 0.2) is 0 Å². The van der Waals surface area contributed by atoms with E-state index in [1.54, 1.807) is 6.07 Å². The minimum Gasteiger partial charge on any atom is -0.459 e. The molecular weight excluding hydrogens is 272 g/mol. The third-order valence-electron chi connectivity index (χ3n) is 2.62. The van der Waals surface area contributed by atoms with Gasteiger partial charge in [-0.25, -0.2) is 5.43 Å². The van der Waals surface area contributed by atoms with Crippen LogP contribution in [0.3, 0.4) is 0 Å². The van der Waals surface area contributed by atoms with Crippen LogP contribution in [0.5, 0.6) is 0 Å².